The summed E-state index contributed by atoms with van der Waals surface area (Å²) in [6, 6.07) is 6.82. The van der Waals surface area contributed by atoms with Gasteiger partial charge >= 0.3 is 0 Å². The molecule has 2 rings (SSSR count). The minimum absolute atomic E-state index is 0.355. The first-order valence-electron chi connectivity index (χ1n) is 7.21. The highest BCUT2D eigenvalue weighted by Gasteiger charge is 2.29. The van der Waals surface area contributed by atoms with E-state index < -0.39 is 5.60 Å². The number of nitrogens with one attached hydrogen (secondary N) is 1. The second-order valence-corrected chi connectivity index (χ2v) is 5.83. The SMILES string of the molecule is CCn1cc(C=NNC(=O)C(C)(C)Oc2ccc(Cl)cc2)cn1. The Morgan fingerprint density at radius 2 is 2.13 bits per heavy atom. The quantitative estimate of drug-likeness (QED) is 0.652. The summed E-state index contributed by atoms with van der Waals surface area (Å²) in [5.74, 6) is 0.203. The molecule has 0 saturated heterocycles. The Labute approximate surface area is 140 Å². The van der Waals surface area contributed by atoms with Crippen LogP contribution in [0.25, 0.3) is 0 Å². The lowest BCUT2D eigenvalue weighted by molar-refractivity contribution is -0.134. The van der Waals surface area contributed by atoms with Gasteiger partial charge in [-0.05, 0) is 45.0 Å². The van der Waals surface area contributed by atoms with E-state index >= 15 is 0 Å². The molecule has 0 atom stereocenters. The predicted octanol–water partition coefficient (Wildman–Crippen LogP) is 2.86. The van der Waals surface area contributed by atoms with Crippen LogP contribution >= 0.6 is 11.6 Å². The van der Waals surface area contributed by atoms with Crippen LogP contribution in [0.1, 0.15) is 26.3 Å². The van der Waals surface area contributed by atoms with Gasteiger partial charge in [-0.25, -0.2) is 5.43 Å². The molecule has 1 aromatic carbocycles. The third-order valence-corrected chi connectivity index (χ3v) is 3.34. The van der Waals surface area contributed by atoms with Crippen molar-refractivity contribution >= 4 is 23.7 Å². The lowest BCUT2D eigenvalue weighted by Crippen LogP contribution is -2.44. The molecule has 23 heavy (non-hydrogen) atoms. The smallest absolute Gasteiger partial charge is 0.283 e. The van der Waals surface area contributed by atoms with Gasteiger partial charge in [-0.15, -0.1) is 0 Å². The highest BCUT2D eigenvalue weighted by molar-refractivity contribution is 6.30. The largest absolute Gasteiger partial charge is 0.478 e. The van der Waals surface area contributed by atoms with Crippen molar-refractivity contribution in [2.75, 3.05) is 0 Å². The third-order valence-electron chi connectivity index (χ3n) is 3.09. The van der Waals surface area contributed by atoms with Crippen molar-refractivity contribution in [3.63, 3.8) is 0 Å². The summed E-state index contributed by atoms with van der Waals surface area (Å²) in [5, 5.41) is 8.66. The summed E-state index contributed by atoms with van der Waals surface area (Å²) < 4.78 is 7.46. The predicted molar refractivity (Wildman–Crippen MR) is 89.8 cm³/mol. The van der Waals surface area contributed by atoms with Crippen molar-refractivity contribution in [2.45, 2.75) is 32.9 Å². The number of carbonyl (C=O) groups is 1. The number of hydrazone groups is 1. The van der Waals surface area contributed by atoms with Gasteiger partial charge in [-0.1, -0.05) is 11.6 Å². The van der Waals surface area contributed by atoms with Crippen molar-refractivity contribution < 1.29 is 9.53 Å². The Balaban J connectivity index is 1.93. The molecule has 0 radical (unpaired) electrons. The van der Waals surface area contributed by atoms with Crippen molar-refractivity contribution in [1.29, 1.82) is 0 Å². The highest BCUT2D eigenvalue weighted by atomic mass is 35.5. The second-order valence-electron chi connectivity index (χ2n) is 5.39. The molecule has 2 aromatic rings. The zero-order chi connectivity index (χ0) is 16.9. The fourth-order valence-electron chi connectivity index (χ4n) is 1.76. The van der Waals surface area contributed by atoms with Gasteiger partial charge in [0.1, 0.15) is 5.75 Å². The number of ether oxygens (including phenoxy) is 1. The summed E-state index contributed by atoms with van der Waals surface area (Å²) in [6.07, 6.45) is 5.05. The van der Waals surface area contributed by atoms with Crippen LogP contribution in [-0.4, -0.2) is 27.5 Å². The van der Waals surface area contributed by atoms with E-state index in [9.17, 15) is 4.79 Å². The highest BCUT2D eigenvalue weighted by Crippen LogP contribution is 2.20. The molecular weight excluding hydrogens is 316 g/mol. The van der Waals surface area contributed by atoms with E-state index in [-0.39, 0.29) is 5.91 Å². The van der Waals surface area contributed by atoms with E-state index in [0.717, 1.165) is 12.1 Å². The van der Waals surface area contributed by atoms with Crippen molar-refractivity contribution in [3.05, 3.63) is 47.2 Å². The van der Waals surface area contributed by atoms with Crippen LogP contribution in [0.3, 0.4) is 0 Å². The maximum atomic E-state index is 12.2. The van der Waals surface area contributed by atoms with Gasteiger partial charge in [-0.3, -0.25) is 9.48 Å². The molecule has 122 valence electrons. The van der Waals surface area contributed by atoms with Gasteiger partial charge in [-0.2, -0.15) is 10.2 Å². The zero-order valence-electron chi connectivity index (χ0n) is 13.3. The Morgan fingerprint density at radius 1 is 1.43 bits per heavy atom. The van der Waals surface area contributed by atoms with E-state index in [1.165, 1.54) is 6.21 Å². The number of benzene rings is 1. The Hall–Kier alpha value is -2.34. The fraction of sp³-hybridized carbons (Fsp3) is 0.312. The topological polar surface area (TPSA) is 68.5 Å². The van der Waals surface area contributed by atoms with Gasteiger partial charge in [0.2, 0.25) is 0 Å². The van der Waals surface area contributed by atoms with Crippen LogP contribution in [0, 0.1) is 0 Å². The molecule has 7 heteroatoms. The molecule has 1 aromatic heterocycles. The molecule has 0 aliphatic rings. The summed E-state index contributed by atoms with van der Waals surface area (Å²) in [7, 11) is 0. The van der Waals surface area contributed by atoms with Crippen LogP contribution < -0.4 is 10.2 Å². The normalized spacial score (nSPS) is 11.7. The number of aromatic nitrogens is 2. The minimum Gasteiger partial charge on any atom is -0.478 e. The van der Waals surface area contributed by atoms with Gasteiger partial charge in [0, 0.05) is 23.3 Å². The molecule has 0 aliphatic carbocycles. The number of halogens is 1. The molecule has 1 heterocycles. The van der Waals surface area contributed by atoms with Gasteiger partial charge < -0.3 is 4.74 Å². The molecule has 6 nitrogen and oxygen atoms in total. The lowest BCUT2D eigenvalue weighted by Gasteiger charge is -2.24. The number of rotatable bonds is 6. The summed E-state index contributed by atoms with van der Waals surface area (Å²) in [5.41, 5.74) is 2.21. The van der Waals surface area contributed by atoms with Gasteiger partial charge in [0.25, 0.3) is 5.91 Å². The van der Waals surface area contributed by atoms with E-state index in [1.54, 1.807) is 49.0 Å². The first-order chi connectivity index (χ1) is 10.9. The number of hydrogen-bond acceptors (Lipinski definition) is 4. The van der Waals surface area contributed by atoms with Crippen LogP contribution in [-0.2, 0) is 11.3 Å². The van der Waals surface area contributed by atoms with E-state index in [4.69, 9.17) is 16.3 Å². The summed E-state index contributed by atoms with van der Waals surface area (Å²) in [4.78, 5) is 12.2. The number of aryl methyl sites for hydroxylation is 1. The van der Waals surface area contributed by atoms with Crippen molar-refractivity contribution in [1.82, 2.24) is 15.2 Å². The first-order valence-corrected chi connectivity index (χ1v) is 7.59. The average Bonchev–Trinajstić information content (AvgIpc) is 2.97. The van der Waals surface area contributed by atoms with Gasteiger partial charge in [0.15, 0.2) is 5.60 Å². The second kappa shape index (κ2) is 7.28. The van der Waals surface area contributed by atoms with Crippen molar-refractivity contribution in [3.8, 4) is 5.75 Å². The molecule has 0 aliphatic heterocycles. The summed E-state index contributed by atoms with van der Waals surface area (Å²) in [6.45, 7) is 6.11. The summed E-state index contributed by atoms with van der Waals surface area (Å²) >= 11 is 5.82. The Bertz CT molecular complexity index is 692. The number of amides is 1. The van der Waals surface area contributed by atoms with Crippen LogP contribution in [0.4, 0.5) is 0 Å². The van der Waals surface area contributed by atoms with E-state index in [1.807, 2.05) is 13.1 Å². The van der Waals surface area contributed by atoms with Gasteiger partial charge in [0.05, 0.1) is 12.4 Å². The minimum atomic E-state index is -1.07. The van der Waals surface area contributed by atoms with E-state index in [0.29, 0.717) is 10.8 Å². The standard InChI is InChI=1S/C16H19ClN4O2/c1-4-21-11-12(10-19-21)9-18-20-15(22)16(2,3)23-14-7-5-13(17)6-8-14/h5-11H,4H2,1-3H3,(H,20,22). The van der Waals surface area contributed by atoms with Crippen LogP contribution in [0.5, 0.6) is 5.75 Å². The molecule has 0 spiro atoms. The molecule has 1 amide bonds. The molecule has 0 bridgehead atoms. The molecule has 0 unspecified atom stereocenters. The first kappa shape index (κ1) is 17.0. The Morgan fingerprint density at radius 3 is 2.74 bits per heavy atom. The van der Waals surface area contributed by atoms with Crippen LogP contribution in [0.15, 0.2) is 41.8 Å². The lowest BCUT2D eigenvalue weighted by atomic mass is 10.1. The Kier molecular flexibility index (Phi) is 5.39. The number of hydrogen-bond donors (Lipinski definition) is 1. The number of nitrogens with zero attached hydrogens (tertiary/aromatic N) is 3. The van der Waals surface area contributed by atoms with E-state index in [2.05, 4.69) is 15.6 Å². The van der Waals surface area contributed by atoms with Crippen LogP contribution in [0.2, 0.25) is 5.02 Å². The molecule has 1 N–H and O–H groups in total. The van der Waals surface area contributed by atoms with Crippen molar-refractivity contribution in [2.24, 2.45) is 5.10 Å². The average molecular weight is 335 g/mol. The molecular formula is C16H19ClN4O2. The molecule has 0 saturated carbocycles. The third kappa shape index (κ3) is 4.82. The maximum Gasteiger partial charge on any atom is 0.283 e. The number of carbonyl (C=O) groups excluding carboxylic acids is 1. The fourth-order valence-corrected chi connectivity index (χ4v) is 1.89. The zero-order valence-corrected chi connectivity index (χ0v) is 14.0. The molecule has 0 fully saturated rings. The maximum absolute atomic E-state index is 12.2. The monoisotopic (exact) mass is 334 g/mol.